The molecule has 1 aromatic carbocycles. The Morgan fingerprint density at radius 2 is 1.97 bits per heavy atom. The number of hydrogen-bond acceptors (Lipinski definition) is 4. The van der Waals surface area contributed by atoms with Crippen molar-refractivity contribution in [1.29, 1.82) is 0 Å². The lowest BCUT2D eigenvalue weighted by atomic mass is 9.97. The Balaban J connectivity index is 0.00000341. The molecule has 3 rings (SSSR count). The summed E-state index contributed by atoms with van der Waals surface area (Å²) in [5.74, 6) is 2.94. The van der Waals surface area contributed by atoms with E-state index in [-0.39, 0.29) is 29.8 Å². The summed E-state index contributed by atoms with van der Waals surface area (Å²) in [6, 6.07) is 5.29. The van der Waals surface area contributed by atoms with E-state index >= 15 is 0 Å². The van der Waals surface area contributed by atoms with E-state index in [4.69, 9.17) is 4.42 Å². The van der Waals surface area contributed by atoms with Gasteiger partial charge in [-0.05, 0) is 76.7 Å². The molecule has 2 aromatic rings. The van der Waals surface area contributed by atoms with Crippen LogP contribution in [0.25, 0.3) is 0 Å². The lowest BCUT2D eigenvalue weighted by Gasteiger charge is -2.31. The van der Waals surface area contributed by atoms with Crippen molar-refractivity contribution >= 4 is 29.9 Å². The summed E-state index contributed by atoms with van der Waals surface area (Å²) in [4.78, 5) is 11.5. The smallest absolute Gasteiger partial charge is 0.208 e. The molecule has 0 spiro atoms. The summed E-state index contributed by atoms with van der Waals surface area (Å²) in [5, 5.41) is 6.74. The Hall–Kier alpha value is -1.68. The van der Waals surface area contributed by atoms with E-state index in [1.54, 1.807) is 19.1 Å². The highest BCUT2D eigenvalue weighted by molar-refractivity contribution is 14.0. The van der Waals surface area contributed by atoms with E-state index in [0.717, 1.165) is 74.4 Å². The van der Waals surface area contributed by atoms with E-state index in [2.05, 4.69) is 25.5 Å². The van der Waals surface area contributed by atoms with Crippen molar-refractivity contribution in [3.63, 3.8) is 0 Å². The topological polar surface area (TPSA) is 65.7 Å². The van der Waals surface area contributed by atoms with Crippen molar-refractivity contribution in [2.24, 2.45) is 10.9 Å². The lowest BCUT2D eigenvalue weighted by molar-refractivity contribution is 0.164. The van der Waals surface area contributed by atoms with Crippen LogP contribution < -0.4 is 10.6 Å². The lowest BCUT2D eigenvalue weighted by Crippen LogP contribution is -2.42. The van der Waals surface area contributed by atoms with Crippen LogP contribution >= 0.6 is 24.0 Å². The molecule has 0 amide bonds. The first-order valence-electron chi connectivity index (χ1n) is 10.9. The number of oxazole rings is 1. The Kier molecular flexibility index (Phi) is 10.2. The number of halogens is 2. The van der Waals surface area contributed by atoms with E-state index in [0.29, 0.717) is 18.0 Å². The quantitative estimate of drug-likeness (QED) is 0.310. The molecule has 1 saturated heterocycles. The fourth-order valence-corrected chi connectivity index (χ4v) is 3.63. The zero-order chi connectivity index (χ0) is 21.5. The molecule has 2 heterocycles. The molecule has 172 valence electrons. The van der Waals surface area contributed by atoms with E-state index in [9.17, 15) is 4.39 Å². The third-order valence-corrected chi connectivity index (χ3v) is 5.70. The van der Waals surface area contributed by atoms with Gasteiger partial charge in [0.05, 0.1) is 18.8 Å². The molecule has 1 fully saturated rings. The van der Waals surface area contributed by atoms with E-state index in [1.165, 1.54) is 0 Å². The zero-order valence-electron chi connectivity index (χ0n) is 19.0. The van der Waals surface area contributed by atoms with Gasteiger partial charge in [0.25, 0.3) is 0 Å². The minimum atomic E-state index is -0.178. The van der Waals surface area contributed by atoms with Crippen LogP contribution in [0.5, 0.6) is 0 Å². The van der Waals surface area contributed by atoms with Gasteiger partial charge >= 0.3 is 0 Å². The number of guanidine groups is 1. The second-order valence-corrected chi connectivity index (χ2v) is 8.13. The van der Waals surface area contributed by atoms with Gasteiger partial charge in [0.2, 0.25) is 5.89 Å². The Morgan fingerprint density at radius 1 is 1.23 bits per heavy atom. The third-order valence-electron chi connectivity index (χ3n) is 5.70. The predicted octanol–water partition coefficient (Wildman–Crippen LogP) is 4.32. The highest BCUT2D eigenvalue weighted by Gasteiger charge is 2.21. The van der Waals surface area contributed by atoms with Crippen molar-refractivity contribution in [2.45, 2.75) is 53.6 Å². The summed E-state index contributed by atoms with van der Waals surface area (Å²) < 4.78 is 19.5. The number of nitrogens with one attached hydrogen (secondary N) is 2. The number of rotatable bonds is 7. The highest BCUT2D eigenvalue weighted by Crippen LogP contribution is 2.19. The monoisotopic (exact) mass is 543 g/mol. The predicted molar refractivity (Wildman–Crippen MR) is 133 cm³/mol. The maximum atomic E-state index is 13.7. The standard InChI is InChI=1S/C23H34FN5O.HI/c1-5-25-23(27-14-20-7-6-16(2)21(24)12-20)26-13-19-8-10-29(11-9-19)15-22-28-17(3)18(4)30-22;/h6-7,12,19H,5,8-11,13-15H2,1-4H3,(H2,25,26,27);1H. The molecule has 0 atom stereocenters. The van der Waals surface area contributed by atoms with Crippen LogP contribution in [0.3, 0.4) is 0 Å². The SMILES string of the molecule is CCNC(=NCc1ccc(C)c(F)c1)NCC1CCN(Cc2nc(C)c(C)o2)CC1.I. The number of aryl methyl sites for hydroxylation is 3. The second kappa shape index (κ2) is 12.4. The van der Waals surface area contributed by atoms with Gasteiger partial charge < -0.3 is 15.1 Å². The molecule has 0 saturated carbocycles. The van der Waals surface area contributed by atoms with E-state index in [1.807, 2.05) is 26.8 Å². The largest absolute Gasteiger partial charge is 0.444 e. The summed E-state index contributed by atoms with van der Waals surface area (Å²) in [7, 11) is 0. The van der Waals surface area contributed by atoms with Crippen LogP contribution in [0.4, 0.5) is 4.39 Å². The van der Waals surface area contributed by atoms with Crippen molar-refractivity contribution in [2.75, 3.05) is 26.2 Å². The van der Waals surface area contributed by atoms with Gasteiger partial charge in [0.15, 0.2) is 5.96 Å². The van der Waals surface area contributed by atoms with Crippen molar-refractivity contribution < 1.29 is 8.81 Å². The average Bonchev–Trinajstić information content (AvgIpc) is 3.04. The number of likely N-dealkylation sites (tertiary alicyclic amines) is 1. The van der Waals surface area contributed by atoms with Crippen LogP contribution in [0.2, 0.25) is 0 Å². The number of aliphatic imine (C=N–C) groups is 1. The van der Waals surface area contributed by atoms with Gasteiger partial charge in [-0.25, -0.2) is 14.4 Å². The zero-order valence-corrected chi connectivity index (χ0v) is 21.3. The minimum absolute atomic E-state index is 0. The highest BCUT2D eigenvalue weighted by atomic mass is 127. The van der Waals surface area contributed by atoms with Gasteiger partial charge in [0.1, 0.15) is 11.6 Å². The number of nitrogens with zero attached hydrogens (tertiary/aromatic N) is 3. The molecule has 1 aliphatic heterocycles. The van der Waals surface area contributed by atoms with Crippen LogP contribution in [0.1, 0.15) is 48.2 Å². The molecule has 0 unspecified atom stereocenters. The van der Waals surface area contributed by atoms with Crippen molar-refractivity contribution in [3.8, 4) is 0 Å². The van der Waals surface area contributed by atoms with Crippen LogP contribution in [-0.4, -0.2) is 42.0 Å². The first-order chi connectivity index (χ1) is 14.4. The molecule has 31 heavy (non-hydrogen) atoms. The Morgan fingerprint density at radius 3 is 2.58 bits per heavy atom. The van der Waals surface area contributed by atoms with Gasteiger partial charge in [0, 0.05) is 13.1 Å². The number of benzene rings is 1. The maximum Gasteiger partial charge on any atom is 0.208 e. The van der Waals surface area contributed by atoms with Gasteiger partial charge in [-0.1, -0.05) is 12.1 Å². The summed E-state index contributed by atoms with van der Waals surface area (Å²) in [5.41, 5.74) is 2.51. The van der Waals surface area contributed by atoms with Crippen molar-refractivity contribution in [3.05, 3.63) is 52.5 Å². The minimum Gasteiger partial charge on any atom is -0.444 e. The number of aromatic nitrogens is 1. The molecule has 0 aliphatic carbocycles. The molecule has 1 aromatic heterocycles. The Bertz CT molecular complexity index is 842. The summed E-state index contributed by atoms with van der Waals surface area (Å²) in [6.45, 7) is 12.8. The summed E-state index contributed by atoms with van der Waals surface area (Å²) in [6.07, 6.45) is 2.27. The Labute approximate surface area is 202 Å². The molecule has 2 N–H and O–H groups in total. The summed E-state index contributed by atoms with van der Waals surface area (Å²) >= 11 is 0. The van der Waals surface area contributed by atoms with Gasteiger partial charge in [-0.3, -0.25) is 4.90 Å². The van der Waals surface area contributed by atoms with Gasteiger partial charge in [-0.2, -0.15) is 0 Å². The fraction of sp³-hybridized carbons (Fsp3) is 0.565. The average molecular weight is 543 g/mol. The van der Waals surface area contributed by atoms with Crippen LogP contribution in [-0.2, 0) is 13.1 Å². The second-order valence-electron chi connectivity index (χ2n) is 8.13. The first-order valence-corrected chi connectivity index (χ1v) is 10.9. The number of hydrogen-bond donors (Lipinski definition) is 2. The van der Waals surface area contributed by atoms with Crippen LogP contribution in [0.15, 0.2) is 27.6 Å². The van der Waals surface area contributed by atoms with Crippen molar-refractivity contribution in [1.82, 2.24) is 20.5 Å². The molecule has 6 nitrogen and oxygen atoms in total. The number of piperidine rings is 1. The molecule has 0 bridgehead atoms. The third kappa shape index (κ3) is 7.75. The normalized spacial score (nSPS) is 15.6. The molecular formula is C23H35FIN5O. The van der Waals surface area contributed by atoms with E-state index < -0.39 is 0 Å². The van der Waals surface area contributed by atoms with Crippen LogP contribution in [0, 0.1) is 32.5 Å². The van der Waals surface area contributed by atoms with Gasteiger partial charge in [-0.15, -0.1) is 24.0 Å². The fourth-order valence-electron chi connectivity index (χ4n) is 3.63. The molecule has 1 aliphatic rings. The maximum absolute atomic E-state index is 13.7. The molecule has 8 heteroatoms. The first kappa shape index (κ1) is 25.6. The molecular weight excluding hydrogens is 508 g/mol. The molecule has 0 radical (unpaired) electrons.